The van der Waals surface area contributed by atoms with Crippen LogP contribution in [0.5, 0.6) is 5.75 Å². The molecular formula is C20H24F3N3O5. The third kappa shape index (κ3) is 7.59. The van der Waals surface area contributed by atoms with E-state index in [9.17, 15) is 33.0 Å². The molecular weight excluding hydrogens is 419 g/mol. The molecule has 0 fully saturated rings. The van der Waals surface area contributed by atoms with E-state index in [4.69, 9.17) is 0 Å². The Morgan fingerprint density at radius 2 is 1.81 bits per heavy atom. The number of carboxylic acid groups (broad SMARTS) is 2. The van der Waals surface area contributed by atoms with Crippen LogP contribution in [-0.4, -0.2) is 50.7 Å². The quantitative estimate of drug-likeness (QED) is 0.489. The van der Waals surface area contributed by atoms with Gasteiger partial charge in [-0.05, 0) is 30.0 Å². The van der Waals surface area contributed by atoms with Crippen LogP contribution in [0.2, 0.25) is 0 Å². The maximum atomic E-state index is 12.3. The second kappa shape index (κ2) is 10.3. The van der Waals surface area contributed by atoms with E-state index in [0.29, 0.717) is 17.7 Å². The summed E-state index contributed by atoms with van der Waals surface area (Å²) in [7, 11) is 0. The molecule has 0 aliphatic heterocycles. The van der Waals surface area contributed by atoms with Crippen LogP contribution in [0.4, 0.5) is 13.2 Å². The summed E-state index contributed by atoms with van der Waals surface area (Å²) < 4.78 is 42.2. The van der Waals surface area contributed by atoms with Crippen LogP contribution in [0.25, 0.3) is 0 Å². The maximum absolute atomic E-state index is 12.3. The molecule has 0 aliphatic rings. The molecule has 0 radical (unpaired) electrons. The van der Waals surface area contributed by atoms with E-state index >= 15 is 0 Å². The first-order valence-electron chi connectivity index (χ1n) is 9.50. The van der Waals surface area contributed by atoms with Crippen molar-refractivity contribution in [2.45, 2.75) is 45.1 Å². The second-order valence-electron chi connectivity index (χ2n) is 7.46. The third-order valence-electron chi connectivity index (χ3n) is 4.48. The number of nitrogens with zero attached hydrogens (tertiary/aromatic N) is 2. The van der Waals surface area contributed by atoms with Crippen molar-refractivity contribution in [1.29, 1.82) is 0 Å². The van der Waals surface area contributed by atoms with Gasteiger partial charge in [0.2, 0.25) is 0 Å². The second-order valence-corrected chi connectivity index (χ2v) is 7.46. The van der Waals surface area contributed by atoms with E-state index < -0.39 is 30.3 Å². The molecule has 170 valence electrons. The van der Waals surface area contributed by atoms with Crippen LogP contribution in [0.1, 0.15) is 37.4 Å². The van der Waals surface area contributed by atoms with Gasteiger partial charge in [0.25, 0.3) is 0 Å². The first kappa shape index (κ1) is 24.2. The van der Waals surface area contributed by atoms with E-state index in [-0.39, 0.29) is 24.8 Å². The molecule has 0 saturated heterocycles. The maximum Gasteiger partial charge on any atom is 0.573 e. The molecule has 2 rings (SSSR count). The molecule has 2 unspecified atom stereocenters. The highest BCUT2D eigenvalue weighted by Gasteiger charge is 2.31. The normalized spacial score (nSPS) is 13.7. The highest BCUT2D eigenvalue weighted by Crippen LogP contribution is 2.24. The van der Waals surface area contributed by atoms with Crippen molar-refractivity contribution in [1.82, 2.24) is 14.9 Å². The number of alkyl halides is 3. The fourth-order valence-corrected chi connectivity index (χ4v) is 3.07. The van der Waals surface area contributed by atoms with Crippen molar-refractivity contribution in [3.63, 3.8) is 0 Å². The molecule has 0 saturated carbocycles. The molecule has 1 aromatic carbocycles. The number of hydrogen-bond donors (Lipinski definition) is 3. The predicted octanol–water partition coefficient (Wildman–Crippen LogP) is 3.09. The molecule has 1 aromatic heterocycles. The summed E-state index contributed by atoms with van der Waals surface area (Å²) in [6.45, 7) is 3.78. The molecule has 0 amide bonds. The SMILES string of the molecule is CC(C)CC(NCC(C(=O)O)c1cncn1Cc1ccc(OC(F)(F)F)cc1)C(=O)O. The molecule has 2 atom stereocenters. The first-order chi connectivity index (χ1) is 14.5. The summed E-state index contributed by atoms with van der Waals surface area (Å²) in [4.78, 5) is 27.2. The van der Waals surface area contributed by atoms with E-state index in [1.165, 1.54) is 36.8 Å². The molecule has 1 heterocycles. The van der Waals surface area contributed by atoms with Crippen LogP contribution >= 0.6 is 0 Å². The minimum Gasteiger partial charge on any atom is -0.481 e. The van der Waals surface area contributed by atoms with Gasteiger partial charge >= 0.3 is 18.3 Å². The molecule has 0 aliphatic carbocycles. The Kier molecular flexibility index (Phi) is 8.03. The third-order valence-corrected chi connectivity index (χ3v) is 4.48. The number of benzene rings is 1. The number of hydrogen-bond acceptors (Lipinski definition) is 5. The summed E-state index contributed by atoms with van der Waals surface area (Å²) in [6, 6.07) is 4.31. The Balaban J connectivity index is 2.13. The van der Waals surface area contributed by atoms with Gasteiger partial charge in [0.15, 0.2) is 0 Å². The van der Waals surface area contributed by atoms with Gasteiger partial charge in [-0.2, -0.15) is 0 Å². The zero-order chi connectivity index (χ0) is 23.2. The highest BCUT2D eigenvalue weighted by molar-refractivity contribution is 5.76. The number of halogens is 3. The predicted molar refractivity (Wildman–Crippen MR) is 104 cm³/mol. The van der Waals surface area contributed by atoms with E-state index in [1.54, 1.807) is 4.57 Å². The topological polar surface area (TPSA) is 114 Å². The van der Waals surface area contributed by atoms with E-state index in [1.807, 2.05) is 13.8 Å². The van der Waals surface area contributed by atoms with Crippen molar-refractivity contribution >= 4 is 11.9 Å². The monoisotopic (exact) mass is 443 g/mol. The van der Waals surface area contributed by atoms with Crippen molar-refractivity contribution in [3.8, 4) is 5.75 Å². The lowest BCUT2D eigenvalue weighted by Crippen LogP contribution is -2.41. The first-order valence-corrected chi connectivity index (χ1v) is 9.50. The van der Waals surface area contributed by atoms with Gasteiger partial charge in [0.1, 0.15) is 17.7 Å². The van der Waals surface area contributed by atoms with Crippen LogP contribution in [0, 0.1) is 5.92 Å². The minimum atomic E-state index is -4.79. The van der Waals surface area contributed by atoms with E-state index in [2.05, 4.69) is 15.0 Å². The molecule has 8 nitrogen and oxygen atoms in total. The number of carbonyl (C=O) groups is 2. The Morgan fingerprint density at radius 1 is 1.16 bits per heavy atom. The molecule has 0 spiro atoms. The number of ether oxygens (including phenoxy) is 1. The lowest BCUT2D eigenvalue weighted by molar-refractivity contribution is -0.274. The van der Waals surface area contributed by atoms with Crippen LogP contribution < -0.4 is 10.1 Å². The number of aliphatic carboxylic acids is 2. The van der Waals surface area contributed by atoms with Gasteiger partial charge in [0.05, 0.1) is 12.0 Å². The van der Waals surface area contributed by atoms with Crippen molar-refractivity contribution in [2.75, 3.05) is 6.54 Å². The Morgan fingerprint density at radius 3 is 2.32 bits per heavy atom. The smallest absolute Gasteiger partial charge is 0.481 e. The van der Waals surface area contributed by atoms with Gasteiger partial charge < -0.3 is 24.8 Å². The standard InChI is InChI=1S/C20H24F3N3O5/c1-12(2)7-16(19(29)30)25-8-15(18(27)28)17-9-24-11-26(17)10-13-3-5-14(6-4-13)31-20(21,22)23/h3-6,9,11-12,15-16,25H,7-8,10H2,1-2H3,(H,27,28)(H,29,30). The summed E-state index contributed by atoms with van der Waals surface area (Å²) in [5.74, 6) is -3.54. The van der Waals surface area contributed by atoms with Gasteiger partial charge in [0, 0.05) is 19.3 Å². The Hall–Kier alpha value is -3.08. The van der Waals surface area contributed by atoms with Gasteiger partial charge in [-0.25, -0.2) is 4.98 Å². The van der Waals surface area contributed by atoms with Crippen LogP contribution in [0.15, 0.2) is 36.8 Å². The molecule has 31 heavy (non-hydrogen) atoms. The number of imidazole rings is 1. The summed E-state index contributed by atoms with van der Waals surface area (Å²) in [5, 5.41) is 21.8. The average molecular weight is 443 g/mol. The number of aromatic nitrogens is 2. The Bertz CT molecular complexity index is 881. The molecule has 3 N–H and O–H groups in total. The highest BCUT2D eigenvalue weighted by atomic mass is 19.4. The van der Waals surface area contributed by atoms with E-state index in [0.717, 1.165) is 0 Å². The van der Waals surface area contributed by atoms with Gasteiger partial charge in [-0.3, -0.25) is 9.59 Å². The van der Waals surface area contributed by atoms with Crippen molar-refractivity contribution in [3.05, 3.63) is 48.0 Å². The summed E-state index contributed by atoms with van der Waals surface area (Å²) in [5.41, 5.74) is 0.943. The largest absolute Gasteiger partial charge is 0.573 e. The fourth-order valence-electron chi connectivity index (χ4n) is 3.07. The number of nitrogens with one attached hydrogen (secondary N) is 1. The zero-order valence-electron chi connectivity index (χ0n) is 17.0. The van der Waals surface area contributed by atoms with Crippen LogP contribution in [-0.2, 0) is 16.1 Å². The Labute approximate surface area is 176 Å². The van der Waals surface area contributed by atoms with Gasteiger partial charge in [-0.1, -0.05) is 26.0 Å². The fraction of sp³-hybridized carbons (Fsp3) is 0.450. The molecule has 11 heteroatoms. The summed E-state index contributed by atoms with van der Waals surface area (Å²) >= 11 is 0. The van der Waals surface area contributed by atoms with Crippen LogP contribution in [0.3, 0.4) is 0 Å². The minimum absolute atomic E-state index is 0.103. The van der Waals surface area contributed by atoms with Crippen molar-refractivity contribution < 1.29 is 37.7 Å². The average Bonchev–Trinajstić information content (AvgIpc) is 3.08. The molecule has 2 aromatic rings. The number of rotatable bonds is 11. The number of carboxylic acids is 2. The van der Waals surface area contributed by atoms with Crippen molar-refractivity contribution in [2.24, 2.45) is 5.92 Å². The lowest BCUT2D eigenvalue weighted by atomic mass is 10.0. The summed E-state index contributed by atoms with van der Waals surface area (Å²) in [6.07, 6.45) is -1.66. The molecule has 0 bridgehead atoms. The van der Waals surface area contributed by atoms with Gasteiger partial charge in [-0.15, -0.1) is 13.2 Å². The zero-order valence-corrected chi connectivity index (χ0v) is 17.0. The lowest BCUT2D eigenvalue weighted by Gasteiger charge is -2.20.